The minimum Gasteiger partial charge on any atom is -0.493 e. The molecule has 100 valence electrons. The van der Waals surface area contributed by atoms with Gasteiger partial charge in [-0.15, -0.1) is 0 Å². The van der Waals surface area contributed by atoms with Gasteiger partial charge in [-0.2, -0.15) is 0 Å². The van der Waals surface area contributed by atoms with E-state index in [0.717, 1.165) is 26.1 Å². The average molecular weight is 254 g/mol. The minimum atomic E-state index is -0.731. The molecule has 1 aromatic rings. The molecule has 1 N–H and O–H groups in total. The number of hydrogen-bond donors (Lipinski definition) is 1. The summed E-state index contributed by atoms with van der Waals surface area (Å²) < 4.78 is 24.1. The first-order chi connectivity index (χ1) is 8.66. The Hall–Kier alpha value is -1.13. The highest BCUT2D eigenvalue weighted by Crippen LogP contribution is 2.27. The second-order valence-corrected chi connectivity index (χ2v) is 4.72. The zero-order chi connectivity index (χ0) is 13.0. The van der Waals surface area contributed by atoms with Gasteiger partial charge in [0.15, 0.2) is 0 Å². The molecule has 1 saturated heterocycles. The first-order valence-electron chi connectivity index (χ1n) is 6.35. The van der Waals surface area contributed by atoms with E-state index in [9.17, 15) is 9.50 Å². The lowest BCUT2D eigenvalue weighted by Gasteiger charge is -2.23. The highest BCUT2D eigenvalue weighted by molar-refractivity contribution is 5.35. The summed E-state index contributed by atoms with van der Waals surface area (Å²) in [6, 6.07) is 4.26. The van der Waals surface area contributed by atoms with Crippen LogP contribution in [0, 0.1) is 11.7 Å². The number of hydrogen-bond acceptors (Lipinski definition) is 3. The molecule has 1 heterocycles. The standard InChI is InChI=1S/C14H19FO3/c1-10(16)13-8-12(15)2-3-14(13)18-9-11-4-6-17-7-5-11/h2-3,8,10-11,16H,4-7,9H2,1H3/t10-/m1/s1. The Morgan fingerprint density at radius 3 is 2.83 bits per heavy atom. The molecule has 0 spiro atoms. The fraction of sp³-hybridized carbons (Fsp3) is 0.571. The second kappa shape index (κ2) is 6.16. The summed E-state index contributed by atoms with van der Waals surface area (Å²) in [5.41, 5.74) is 0.502. The van der Waals surface area contributed by atoms with Gasteiger partial charge < -0.3 is 14.6 Å². The topological polar surface area (TPSA) is 38.7 Å². The fourth-order valence-corrected chi connectivity index (χ4v) is 2.10. The normalized spacial score (nSPS) is 18.6. The molecule has 0 amide bonds. The SMILES string of the molecule is C[C@@H](O)c1cc(F)ccc1OCC1CCOCC1. The van der Waals surface area contributed by atoms with E-state index in [1.165, 1.54) is 12.1 Å². The maximum Gasteiger partial charge on any atom is 0.125 e. The maximum absolute atomic E-state index is 13.1. The van der Waals surface area contributed by atoms with E-state index in [-0.39, 0.29) is 5.82 Å². The van der Waals surface area contributed by atoms with Crippen molar-refractivity contribution in [2.45, 2.75) is 25.9 Å². The molecule has 1 fully saturated rings. The Labute approximate surface area is 107 Å². The summed E-state index contributed by atoms with van der Waals surface area (Å²) in [4.78, 5) is 0. The highest BCUT2D eigenvalue weighted by atomic mass is 19.1. The van der Waals surface area contributed by atoms with Gasteiger partial charge >= 0.3 is 0 Å². The molecule has 1 aliphatic heterocycles. The zero-order valence-electron chi connectivity index (χ0n) is 10.6. The molecule has 1 aliphatic rings. The van der Waals surface area contributed by atoms with E-state index in [4.69, 9.17) is 9.47 Å². The van der Waals surface area contributed by atoms with Crippen molar-refractivity contribution in [3.8, 4) is 5.75 Å². The number of rotatable bonds is 4. The van der Waals surface area contributed by atoms with Crippen LogP contribution in [0.1, 0.15) is 31.4 Å². The van der Waals surface area contributed by atoms with Crippen molar-refractivity contribution in [1.82, 2.24) is 0 Å². The molecular formula is C14H19FO3. The third-order valence-electron chi connectivity index (χ3n) is 3.24. The van der Waals surface area contributed by atoms with Crippen LogP contribution >= 0.6 is 0 Å². The van der Waals surface area contributed by atoms with Gasteiger partial charge in [-0.05, 0) is 43.9 Å². The Bertz CT molecular complexity index is 387. The summed E-state index contributed by atoms with van der Waals surface area (Å²) in [6.07, 6.45) is 1.25. The lowest BCUT2D eigenvalue weighted by Crippen LogP contribution is -2.21. The van der Waals surface area contributed by atoms with Crippen LogP contribution in [0.4, 0.5) is 4.39 Å². The van der Waals surface area contributed by atoms with E-state index < -0.39 is 6.10 Å². The Kier molecular flexibility index (Phi) is 4.55. The van der Waals surface area contributed by atoms with E-state index in [0.29, 0.717) is 23.8 Å². The summed E-state index contributed by atoms with van der Waals surface area (Å²) in [5.74, 6) is 0.688. The molecule has 0 aromatic heterocycles. The van der Waals surface area contributed by atoms with Crippen molar-refractivity contribution in [3.63, 3.8) is 0 Å². The Morgan fingerprint density at radius 2 is 2.17 bits per heavy atom. The van der Waals surface area contributed by atoms with Crippen LogP contribution < -0.4 is 4.74 Å². The van der Waals surface area contributed by atoms with Gasteiger partial charge in [-0.3, -0.25) is 0 Å². The molecule has 2 rings (SSSR count). The number of benzene rings is 1. The summed E-state index contributed by atoms with van der Waals surface area (Å²) in [7, 11) is 0. The third kappa shape index (κ3) is 3.43. The van der Waals surface area contributed by atoms with E-state index in [1.54, 1.807) is 13.0 Å². The lowest BCUT2D eigenvalue weighted by molar-refractivity contribution is 0.0491. The maximum atomic E-state index is 13.1. The minimum absolute atomic E-state index is 0.357. The van der Waals surface area contributed by atoms with Crippen LogP contribution in [0.15, 0.2) is 18.2 Å². The van der Waals surface area contributed by atoms with Crippen LogP contribution in [-0.2, 0) is 4.74 Å². The molecule has 0 saturated carbocycles. The van der Waals surface area contributed by atoms with Gasteiger partial charge in [-0.1, -0.05) is 0 Å². The van der Waals surface area contributed by atoms with Gasteiger partial charge in [0.25, 0.3) is 0 Å². The summed E-state index contributed by atoms with van der Waals surface area (Å²) in [5, 5.41) is 9.60. The van der Waals surface area contributed by atoms with Crippen molar-refractivity contribution in [2.24, 2.45) is 5.92 Å². The molecule has 3 nitrogen and oxygen atoms in total. The molecule has 18 heavy (non-hydrogen) atoms. The zero-order valence-corrected chi connectivity index (χ0v) is 10.6. The van der Waals surface area contributed by atoms with Crippen molar-refractivity contribution < 1.29 is 19.0 Å². The van der Waals surface area contributed by atoms with Gasteiger partial charge in [0.05, 0.1) is 12.7 Å². The molecule has 1 atom stereocenters. The van der Waals surface area contributed by atoms with Gasteiger partial charge in [-0.25, -0.2) is 4.39 Å². The first kappa shape index (κ1) is 13.3. The molecule has 1 aromatic carbocycles. The van der Waals surface area contributed by atoms with Crippen LogP contribution in [0.5, 0.6) is 5.75 Å². The monoisotopic (exact) mass is 254 g/mol. The van der Waals surface area contributed by atoms with Crippen LogP contribution in [-0.4, -0.2) is 24.9 Å². The average Bonchev–Trinajstić information content (AvgIpc) is 2.38. The van der Waals surface area contributed by atoms with Crippen LogP contribution in [0.2, 0.25) is 0 Å². The van der Waals surface area contributed by atoms with Crippen molar-refractivity contribution >= 4 is 0 Å². The van der Waals surface area contributed by atoms with Gasteiger partial charge in [0.2, 0.25) is 0 Å². The molecule has 0 unspecified atom stereocenters. The van der Waals surface area contributed by atoms with Crippen molar-refractivity contribution in [3.05, 3.63) is 29.6 Å². The van der Waals surface area contributed by atoms with Gasteiger partial charge in [0.1, 0.15) is 11.6 Å². The predicted octanol–water partition coefficient (Wildman–Crippen LogP) is 2.68. The number of ether oxygens (including phenoxy) is 2. The number of aliphatic hydroxyl groups is 1. The largest absolute Gasteiger partial charge is 0.493 e. The van der Waals surface area contributed by atoms with Crippen LogP contribution in [0.25, 0.3) is 0 Å². The smallest absolute Gasteiger partial charge is 0.125 e. The summed E-state index contributed by atoms with van der Waals surface area (Å²) in [6.45, 7) is 3.76. The van der Waals surface area contributed by atoms with E-state index in [1.807, 2.05) is 0 Å². The molecular weight excluding hydrogens is 235 g/mol. The number of halogens is 1. The van der Waals surface area contributed by atoms with Crippen LogP contribution in [0.3, 0.4) is 0 Å². The molecule has 0 aliphatic carbocycles. The van der Waals surface area contributed by atoms with E-state index in [2.05, 4.69) is 0 Å². The quantitative estimate of drug-likeness (QED) is 0.897. The third-order valence-corrected chi connectivity index (χ3v) is 3.24. The molecule has 0 bridgehead atoms. The van der Waals surface area contributed by atoms with Crippen molar-refractivity contribution in [1.29, 1.82) is 0 Å². The number of aliphatic hydroxyl groups excluding tert-OH is 1. The summed E-state index contributed by atoms with van der Waals surface area (Å²) >= 11 is 0. The first-order valence-corrected chi connectivity index (χ1v) is 6.35. The van der Waals surface area contributed by atoms with E-state index >= 15 is 0 Å². The predicted molar refractivity (Wildman–Crippen MR) is 66.1 cm³/mol. The fourth-order valence-electron chi connectivity index (χ4n) is 2.10. The Balaban J connectivity index is 1.99. The second-order valence-electron chi connectivity index (χ2n) is 4.72. The van der Waals surface area contributed by atoms with Gasteiger partial charge in [0, 0.05) is 18.8 Å². The molecule has 4 heteroatoms. The molecule has 0 radical (unpaired) electrons. The lowest BCUT2D eigenvalue weighted by atomic mass is 10.0. The highest BCUT2D eigenvalue weighted by Gasteiger charge is 2.16. The Morgan fingerprint density at radius 1 is 1.44 bits per heavy atom. The van der Waals surface area contributed by atoms with Crippen molar-refractivity contribution in [2.75, 3.05) is 19.8 Å².